The van der Waals surface area contributed by atoms with Gasteiger partial charge in [0, 0.05) is 30.5 Å². The molecule has 4 aromatic rings. The predicted octanol–water partition coefficient (Wildman–Crippen LogP) is 4.16. The van der Waals surface area contributed by atoms with Gasteiger partial charge in [0.1, 0.15) is 10.3 Å². The van der Waals surface area contributed by atoms with E-state index in [4.69, 9.17) is 14.5 Å². The van der Waals surface area contributed by atoms with Crippen LogP contribution in [0.25, 0.3) is 21.6 Å². The molecule has 1 aliphatic rings. The number of fused-ring (bicyclic) bond motifs is 1. The molecule has 1 aromatic carbocycles. The van der Waals surface area contributed by atoms with Crippen LogP contribution in [0.15, 0.2) is 45.8 Å². The highest BCUT2D eigenvalue weighted by Crippen LogP contribution is 2.34. The van der Waals surface area contributed by atoms with Gasteiger partial charge in [-0.25, -0.2) is 23.1 Å². The van der Waals surface area contributed by atoms with Crippen LogP contribution >= 0.6 is 11.3 Å². The van der Waals surface area contributed by atoms with E-state index in [1.54, 1.807) is 35.6 Å². The average molecular weight is 499 g/mol. The van der Waals surface area contributed by atoms with Gasteiger partial charge < -0.3 is 9.42 Å². The Morgan fingerprint density at radius 2 is 1.79 bits per heavy atom. The van der Waals surface area contributed by atoms with Crippen LogP contribution in [0.3, 0.4) is 0 Å². The maximum absolute atomic E-state index is 12.0. The second-order valence-electron chi connectivity index (χ2n) is 8.66. The molecule has 9 nitrogen and oxygen atoms in total. The average Bonchev–Trinajstić information content (AvgIpc) is 3.51. The number of nitrogens with zero attached hydrogens (tertiary/aromatic N) is 5. The minimum Gasteiger partial charge on any atom is -0.348 e. The predicted molar refractivity (Wildman–Crippen MR) is 132 cm³/mol. The molecule has 0 saturated carbocycles. The molecule has 11 heteroatoms. The molecule has 0 spiro atoms. The van der Waals surface area contributed by atoms with Crippen LogP contribution in [0.5, 0.6) is 0 Å². The van der Waals surface area contributed by atoms with Gasteiger partial charge in [0.15, 0.2) is 11.0 Å². The summed E-state index contributed by atoms with van der Waals surface area (Å²) in [7, 11) is -2.06. The number of nitrogens with one attached hydrogen (secondary N) is 1. The number of thiazole rings is 1. The summed E-state index contributed by atoms with van der Waals surface area (Å²) in [5.74, 6) is 2.05. The van der Waals surface area contributed by atoms with Crippen LogP contribution in [0, 0.1) is 0 Å². The largest absolute Gasteiger partial charge is 0.348 e. The van der Waals surface area contributed by atoms with Crippen molar-refractivity contribution in [3.8, 4) is 11.3 Å². The molecule has 0 atom stereocenters. The summed E-state index contributed by atoms with van der Waals surface area (Å²) in [5.41, 5.74) is 2.50. The first-order valence-electron chi connectivity index (χ1n) is 11.2. The first-order valence-corrected chi connectivity index (χ1v) is 13.5. The molecular formula is C23H26N6O3S2. The molecule has 0 bridgehead atoms. The molecule has 1 saturated heterocycles. The van der Waals surface area contributed by atoms with E-state index in [1.807, 2.05) is 12.1 Å². The zero-order valence-corrected chi connectivity index (χ0v) is 20.9. The number of benzene rings is 1. The van der Waals surface area contributed by atoms with Crippen LogP contribution in [0.2, 0.25) is 0 Å². The fourth-order valence-electron chi connectivity index (χ4n) is 3.99. The fourth-order valence-corrected chi connectivity index (χ4v) is 5.71. The summed E-state index contributed by atoms with van der Waals surface area (Å²) in [4.78, 5) is 17.5. The minimum atomic E-state index is -3.46. The Hall–Kier alpha value is -2.89. The topological polar surface area (TPSA) is 114 Å². The molecule has 0 aliphatic carbocycles. The summed E-state index contributed by atoms with van der Waals surface area (Å²) in [6.45, 7) is 5.87. The van der Waals surface area contributed by atoms with E-state index in [0.29, 0.717) is 0 Å². The Labute approximate surface area is 202 Å². The summed E-state index contributed by atoms with van der Waals surface area (Å²) < 4.78 is 31.7. The Kier molecular flexibility index (Phi) is 6.09. The van der Waals surface area contributed by atoms with E-state index >= 15 is 0 Å². The summed E-state index contributed by atoms with van der Waals surface area (Å²) in [5, 5.41) is 5.06. The van der Waals surface area contributed by atoms with Crippen molar-refractivity contribution in [1.82, 2.24) is 24.8 Å². The third-order valence-electron chi connectivity index (χ3n) is 6.06. The minimum absolute atomic E-state index is 0.226. The van der Waals surface area contributed by atoms with Crippen molar-refractivity contribution in [2.45, 2.75) is 43.4 Å². The smallest absolute Gasteiger partial charge is 0.240 e. The van der Waals surface area contributed by atoms with Gasteiger partial charge in [-0.2, -0.15) is 4.98 Å². The van der Waals surface area contributed by atoms with E-state index < -0.39 is 10.0 Å². The highest BCUT2D eigenvalue weighted by molar-refractivity contribution is 7.89. The van der Waals surface area contributed by atoms with E-state index in [2.05, 4.69) is 33.6 Å². The zero-order chi connectivity index (χ0) is 23.9. The SMILES string of the molecule is CNS(=O)(=O)c1ccc(-c2ccc3nc(N4CCC(c5nc(C(C)C)no5)CC4)sc3n2)cc1. The lowest BCUT2D eigenvalue weighted by atomic mass is 9.97. The Morgan fingerprint density at radius 3 is 2.44 bits per heavy atom. The summed E-state index contributed by atoms with van der Waals surface area (Å²) in [6.07, 6.45) is 1.88. The third-order valence-corrected chi connectivity index (χ3v) is 8.52. The monoisotopic (exact) mass is 498 g/mol. The van der Waals surface area contributed by atoms with Crippen molar-refractivity contribution in [2.75, 3.05) is 25.0 Å². The molecule has 3 aromatic heterocycles. The van der Waals surface area contributed by atoms with Gasteiger partial charge >= 0.3 is 0 Å². The number of rotatable bonds is 6. The first-order chi connectivity index (χ1) is 16.3. The number of anilines is 1. The van der Waals surface area contributed by atoms with Gasteiger partial charge in [0.25, 0.3) is 0 Å². The third kappa shape index (κ3) is 4.42. The van der Waals surface area contributed by atoms with E-state index in [9.17, 15) is 8.42 Å². The quantitative estimate of drug-likeness (QED) is 0.422. The number of pyridine rings is 1. The molecule has 0 unspecified atom stereocenters. The second kappa shape index (κ2) is 9.05. The highest BCUT2D eigenvalue weighted by atomic mass is 32.2. The normalized spacial score (nSPS) is 15.5. The molecule has 0 amide bonds. The number of piperidine rings is 1. The molecule has 178 valence electrons. The van der Waals surface area contributed by atoms with Crippen molar-refractivity contribution in [3.63, 3.8) is 0 Å². The molecular weight excluding hydrogens is 472 g/mol. The van der Waals surface area contributed by atoms with Crippen LogP contribution in [-0.2, 0) is 10.0 Å². The van der Waals surface area contributed by atoms with Crippen molar-refractivity contribution in [3.05, 3.63) is 48.1 Å². The Morgan fingerprint density at radius 1 is 1.06 bits per heavy atom. The Balaban J connectivity index is 1.30. The molecule has 1 aliphatic heterocycles. The van der Waals surface area contributed by atoms with Gasteiger partial charge in [0.05, 0.1) is 10.6 Å². The molecule has 1 N–H and O–H groups in total. The molecule has 0 radical (unpaired) electrons. The van der Waals surface area contributed by atoms with Crippen LogP contribution in [0.4, 0.5) is 5.13 Å². The Bertz CT molecular complexity index is 1400. The van der Waals surface area contributed by atoms with Crippen molar-refractivity contribution in [1.29, 1.82) is 0 Å². The van der Waals surface area contributed by atoms with Crippen LogP contribution < -0.4 is 9.62 Å². The van der Waals surface area contributed by atoms with Crippen molar-refractivity contribution >= 4 is 36.8 Å². The standard InChI is InChI=1S/C23H26N6O3S2/c1-14(2)20-27-21(32-28-20)16-10-12-29(13-11-16)23-26-19-9-8-18(25-22(19)33-23)15-4-6-17(7-5-15)34(30,31)24-3/h4-9,14,16,24H,10-13H2,1-3H3. The maximum atomic E-state index is 12.0. The van der Waals surface area contributed by atoms with E-state index in [-0.39, 0.29) is 16.7 Å². The highest BCUT2D eigenvalue weighted by Gasteiger charge is 2.27. The fraction of sp³-hybridized carbons (Fsp3) is 0.391. The lowest BCUT2D eigenvalue weighted by Gasteiger charge is -2.29. The summed E-state index contributed by atoms with van der Waals surface area (Å²) in [6, 6.07) is 10.6. The van der Waals surface area contributed by atoms with Crippen LogP contribution in [0.1, 0.15) is 50.2 Å². The molecule has 4 heterocycles. The van der Waals surface area contributed by atoms with Gasteiger partial charge in [0.2, 0.25) is 15.9 Å². The number of sulfonamides is 1. The lowest BCUT2D eigenvalue weighted by molar-refractivity contribution is 0.326. The summed E-state index contributed by atoms with van der Waals surface area (Å²) >= 11 is 1.58. The lowest BCUT2D eigenvalue weighted by Crippen LogP contribution is -2.32. The molecule has 5 rings (SSSR count). The molecule has 34 heavy (non-hydrogen) atoms. The molecule has 1 fully saturated rings. The van der Waals surface area contributed by atoms with Gasteiger partial charge in [-0.3, -0.25) is 0 Å². The van der Waals surface area contributed by atoms with Gasteiger partial charge in [-0.15, -0.1) is 0 Å². The van der Waals surface area contributed by atoms with Gasteiger partial charge in [-0.1, -0.05) is 42.5 Å². The zero-order valence-electron chi connectivity index (χ0n) is 19.2. The number of hydrogen-bond donors (Lipinski definition) is 1. The van der Waals surface area contributed by atoms with Crippen molar-refractivity contribution in [2.24, 2.45) is 0 Å². The van der Waals surface area contributed by atoms with E-state index in [1.165, 1.54) is 7.05 Å². The van der Waals surface area contributed by atoms with Crippen molar-refractivity contribution < 1.29 is 12.9 Å². The number of aromatic nitrogens is 4. The van der Waals surface area contributed by atoms with Gasteiger partial charge in [-0.05, 0) is 44.2 Å². The van der Waals surface area contributed by atoms with E-state index in [0.717, 1.165) is 64.4 Å². The maximum Gasteiger partial charge on any atom is 0.240 e. The number of hydrogen-bond acceptors (Lipinski definition) is 9. The first kappa shape index (κ1) is 22.9. The second-order valence-corrected chi connectivity index (χ2v) is 11.5. The van der Waals surface area contributed by atoms with Crippen LogP contribution in [-0.4, -0.2) is 48.7 Å².